The fourth-order valence-electron chi connectivity index (χ4n) is 2.33. The van der Waals surface area contributed by atoms with E-state index in [0.717, 1.165) is 18.3 Å². The van der Waals surface area contributed by atoms with Gasteiger partial charge in [0.05, 0.1) is 13.7 Å². The summed E-state index contributed by atoms with van der Waals surface area (Å²) in [5, 5.41) is 3.67. The molecular weight excluding hydrogens is 226 g/mol. The maximum Gasteiger partial charge on any atom is 0.119 e. The minimum Gasteiger partial charge on any atom is -0.497 e. The van der Waals surface area contributed by atoms with Crippen molar-refractivity contribution >= 4 is 0 Å². The highest BCUT2D eigenvalue weighted by molar-refractivity contribution is 5.30. The lowest BCUT2D eigenvalue weighted by molar-refractivity contribution is 0.152. The first-order valence-corrected chi connectivity index (χ1v) is 6.63. The van der Waals surface area contributed by atoms with Crippen molar-refractivity contribution in [2.24, 2.45) is 5.92 Å². The summed E-state index contributed by atoms with van der Waals surface area (Å²) in [4.78, 5) is 0. The smallest absolute Gasteiger partial charge is 0.119 e. The van der Waals surface area contributed by atoms with Crippen molar-refractivity contribution in [2.45, 2.75) is 31.8 Å². The van der Waals surface area contributed by atoms with Crippen LogP contribution in [0.3, 0.4) is 0 Å². The van der Waals surface area contributed by atoms with Crippen molar-refractivity contribution in [1.82, 2.24) is 5.32 Å². The summed E-state index contributed by atoms with van der Waals surface area (Å²) in [7, 11) is 3.47. The molecule has 0 aromatic heterocycles. The number of ether oxygens (including phenoxy) is 2. The van der Waals surface area contributed by atoms with E-state index >= 15 is 0 Å². The quantitative estimate of drug-likeness (QED) is 0.806. The molecule has 2 atom stereocenters. The van der Waals surface area contributed by atoms with Crippen LogP contribution < -0.4 is 10.1 Å². The largest absolute Gasteiger partial charge is 0.497 e. The average Bonchev–Trinajstić information content (AvgIpc) is 3.22. The molecule has 0 radical (unpaired) electrons. The normalized spacial score (nSPS) is 18.4. The van der Waals surface area contributed by atoms with E-state index < -0.39 is 0 Å². The van der Waals surface area contributed by atoms with Gasteiger partial charge in [0.25, 0.3) is 0 Å². The topological polar surface area (TPSA) is 30.5 Å². The van der Waals surface area contributed by atoms with Crippen LogP contribution in [0.5, 0.6) is 5.75 Å². The van der Waals surface area contributed by atoms with Crippen LogP contribution in [0, 0.1) is 5.92 Å². The first-order chi connectivity index (χ1) is 8.74. The molecule has 0 heterocycles. The Morgan fingerprint density at radius 1 is 1.33 bits per heavy atom. The lowest BCUT2D eigenvalue weighted by Crippen LogP contribution is -2.36. The summed E-state index contributed by atoms with van der Waals surface area (Å²) in [6.45, 7) is 2.98. The minimum atomic E-state index is 0.320. The molecule has 1 aromatic rings. The monoisotopic (exact) mass is 249 g/mol. The maximum atomic E-state index is 5.30. The van der Waals surface area contributed by atoms with Crippen LogP contribution in [0.1, 0.15) is 31.4 Å². The standard InChI is InChI=1S/C15H23NO2/c1-11(13-5-4-6-14(9-13)18-3)16-15(10-17-2)12-7-8-12/h4-6,9,11-12,15-16H,7-8,10H2,1-3H3. The number of methoxy groups -OCH3 is 2. The molecule has 1 saturated carbocycles. The fraction of sp³-hybridized carbons (Fsp3) is 0.600. The SMILES string of the molecule is COCC(NC(C)c1cccc(OC)c1)C1CC1. The number of hydrogen-bond donors (Lipinski definition) is 1. The lowest BCUT2D eigenvalue weighted by Gasteiger charge is -2.23. The van der Waals surface area contributed by atoms with Gasteiger partial charge in [-0.1, -0.05) is 12.1 Å². The minimum absolute atomic E-state index is 0.320. The van der Waals surface area contributed by atoms with Gasteiger partial charge in [-0.15, -0.1) is 0 Å². The molecule has 18 heavy (non-hydrogen) atoms. The third kappa shape index (κ3) is 3.47. The fourth-order valence-corrected chi connectivity index (χ4v) is 2.33. The number of hydrogen-bond acceptors (Lipinski definition) is 3. The third-order valence-corrected chi connectivity index (χ3v) is 3.60. The van der Waals surface area contributed by atoms with E-state index in [2.05, 4.69) is 24.4 Å². The van der Waals surface area contributed by atoms with Gasteiger partial charge < -0.3 is 14.8 Å². The number of benzene rings is 1. The predicted molar refractivity (Wildman–Crippen MR) is 72.9 cm³/mol. The van der Waals surface area contributed by atoms with Crippen molar-refractivity contribution in [3.05, 3.63) is 29.8 Å². The maximum absolute atomic E-state index is 5.30. The molecule has 0 spiro atoms. The van der Waals surface area contributed by atoms with Gasteiger partial charge in [0.1, 0.15) is 5.75 Å². The summed E-state index contributed by atoms with van der Waals surface area (Å²) in [6.07, 6.45) is 2.65. The molecule has 2 rings (SSSR count). The van der Waals surface area contributed by atoms with E-state index in [1.807, 2.05) is 12.1 Å². The number of nitrogens with one attached hydrogen (secondary N) is 1. The molecule has 2 unspecified atom stereocenters. The second-order valence-electron chi connectivity index (χ2n) is 5.06. The second kappa shape index (κ2) is 6.21. The molecule has 1 aliphatic rings. The molecule has 1 fully saturated rings. The number of rotatable bonds is 7. The molecule has 100 valence electrons. The van der Waals surface area contributed by atoms with Gasteiger partial charge in [0.15, 0.2) is 0 Å². The highest BCUT2D eigenvalue weighted by Gasteiger charge is 2.31. The average molecular weight is 249 g/mol. The molecule has 1 N–H and O–H groups in total. The molecule has 0 aliphatic heterocycles. The molecule has 3 heteroatoms. The van der Waals surface area contributed by atoms with Crippen molar-refractivity contribution in [2.75, 3.05) is 20.8 Å². The summed E-state index contributed by atoms with van der Waals surface area (Å²) < 4.78 is 10.6. The van der Waals surface area contributed by atoms with Crippen LogP contribution in [0.4, 0.5) is 0 Å². The summed E-state index contributed by atoms with van der Waals surface area (Å²) in [6, 6.07) is 9.03. The molecular formula is C15H23NO2. The zero-order valence-electron chi connectivity index (χ0n) is 11.5. The summed E-state index contributed by atoms with van der Waals surface area (Å²) >= 11 is 0. The van der Waals surface area contributed by atoms with Crippen LogP contribution >= 0.6 is 0 Å². The van der Waals surface area contributed by atoms with Gasteiger partial charge >= 0.3 is 0 Å². The Morgan fingerprint density at radius 2 is 2.11 bits per heavy atom. The van der Waals surface area contributed by atoms with Crippen LogP contribution in [0.2, 0.25) is 0 Å². The molecule has 1 aliphatic carbocycles. The third-order valence-electron chi connectivity index (χ3n) is 3.60. The lowest BCUT2D eigenvalue weighted by atomic mass is 10.1. The van der Waals surface area contributed by atoms with Crippen LogP contribution in [0.15, 0.2) is 24.3 Å². The Bertz CT molecular complexity index is 377. The van der Waals surface area contributed by atoms with Gasteiger partial charge in [0.2, 0.25) is 0 Å². The van der Waals surface area contributed by atoms with Crippen molar-refractivity contribution in [3.8, 4) is 5.75 Å². The van der Waals surface area contributed by atoms with E-state index in [0.29, 0.717) is 12.1 Å². The Balaban J connectivity index is 1.98. The van der Waals surface area contributed by atoms with Gasteiger partial charge in [-0.3, -0.25) is 0 Å². The first kappa shape index (κ1) is 13.4. The first-order valence-electron chi connectivity index (χ1n) is 6.63. The molecule has 3 nitrogen and oxygen atoms in total. The summed E-state index contributed by atoms with van der Waals surface area (Å²) in [5.74, 6) is 1.70. The zero-order valence-corrected chi connectivity index (χ0v) is 11.5. The van der Waals surface area contributed by atoms with Gasteiger partial charge in [-0.2, -0.15) is 0 Å². The predicted octanol–water partition coefficient (Wildman–Crippen LogP) is 2.77. The van der Waals surface area contributed by atoms with Gasteiger partial charge in [0, 0.05) is 19.2 Å². The highest BCUT2D eigenvalue weighted by Crippen LogP contribution is 2.34. The van der Waals surface area contributed by atoms with Crippen LogP contribution in [-0.4, -0.2) is 26.9 Å². The van der Waals surface area contributed by atoms with E-state index in [9.17, 15) is 0 Å². The van der Waals surface area contributed by atoms with E-state index in [4.69, 9.17) is 9.47 Å². The van der Waals surface area contributed by atoms with Crippen LogP contribution in [-0.2, 0) is 4.74 Å². The molecule has 0 saturated heterocycles. The Morgan fingerprint density at radius 3 is 2.72 bits per heavy atom. The molecule has 0 bridgehead atoms. The van der Waals surface area contributed by atoms with E-state index in [-0.39, 0.29) is 0 Å². The molecule has 0 amide bonds. The van der Waals surface area contributed by atoms with Crippen LogP contribution in [0.25, 0.3) is 0 Å². The van der Waals surface area contributed by atoms with Gasteiger partial charge in [-0.25, -0.2) is 0 Å². The van der Waals surface area contributed by atoms with Gasteiger partial charge in [-0.05, 0) is 43.4 Å². The Hall–Kier alpha value is -1.06. The van der Waals surface area contributed by atoms with Crippen molar-refractivity contribution in [3.63, 3.8) is 0 Å². The van der Waals surface area contributed by atoms with Crippen molar-refractivity contribution in [1.29, 1.82) is 0 Å². The van der Waals surface area contributed by atoms with Crippen molar-refractivity contribution < 1.29 is 9.47 Å². The van der Waals surface area contributed by atoms with E-state index in [1.165, 1.54) is 18.4 Å². The van der Waals surface area contributed by atoms with E-state index in [1.54, 1.807) is 14.2 Å². The zero-order chi connectivity index (χ0) is 13.0. The Labute approximate surface area is 109 Å². The summed E-state index contributed by atoms with van der Waals surface area (Å²) in [5.41, 5.74) is 1.26. The second-order valence-corrected chi connectivity index (χ2v) is 5.06. The Kier molecular flexibility index (Phi) is 4.61. The molecule has 1 aromatic carbocycles. The highest BCUT2D eigenvalue weighted by atomic mass is 16.5.